The van der Waals surface area contributed by atoms with E-state index in [1.807, 2.05) is 0 Å². The van der Waals surface area contributed by atoms with Gasteiger partial charge in [0.1, 0.15) is 0 Å². The summed E-state index contributed by atoms with van der Waals surface area (Å²) in [6, 6.07) is -0.160. The molecular weight excluding hydrogens is 204 g/mol. The molecule has 0 radical (unpaired) electrons. The number of piperazine rings is 1. The molecule has 6 nitrogen and oxygen atoms in total. The van der Waals surface area contributed by atoms with Gasteiger partial charge in [0, 0.05) is 38.8 Å². The van der Waals surface area contributed by atoms with Crippen LogP contribution in [0.4, 0.5) is 0 Å². The molecule has 1 unspecified atom stereocenters. The molecular formula is C7H18N4O2S. The molecule has 0 aromatic carbocycles. The van der Waals surface area contributed by atoms with Gasteiger partial charge in [-0.25, -0.2) is 4.72 Å². The van der Waals surface area contributed by atoms with Gasteiger partial charge in [-0.3, -0.25) is 0 Å². The minimum absolute atomic E-state index is 0.160. The number of rotatable bonds is 4. The lowest BCUT2D eigenvalue weighted by atomic mass is 10.4. The van der Waals surface area contributed by atoms with Gasteiger partial charge in [0.2, 0.25) is 0 Å². The lowest BCUT2D eigenvalue weighted by Crippen LogP contribution is -2.51. The molecule has 0 aliphatic carbocycles. The van der Waals surface area contributed by atoms with Crippen molar-refractivity contribution in [3.63, 3.8) is 0 Å². The van der Waals surface area contributed by atoms with Crippen molar-refractivity contribution >= 4 is 10.2 Å². The molecule has 1 saturated heterocycles. The third-order valence-electron chi connectivity index (χ3n) is 2.00. The van der Waals surface area contributed by atoms with E-state index in [9.17, 15) is 8.42 Å². The Balaban J connectivity index is 2.46. The van der Waals surface area contributed by atoms with Crippen molar-refractivity contribution in [2.45, 2.75) is 13.0 Å². The third kappa shape index (κ3) is 3.50. The molecule has 14 heavy (non-hydrogen) atoms. The van der Waals surface area contributed by atoms with E-state index in [4.69, 9.17) is 5.73 Å². The van der Waals surface area contributed by atoms with E-state index in [0.717, 1.165) is 0 Å². The summed E-state index contributed by atoms with van der Waals surface area (Å²) in [5.41, 5.74) is 5.47. The molecule has 0 spiro atoms. The van der Waals surface area contributed by atoms with Crippen LogP contribution in [0.25, 0.3) is 0 Å². The van der Waals surface area contributed by atoms with Crippen LogP contribution >= 0.6 is 0 Å². The Bertz CT molecular complexity index is 259. The molecule has 0 saturated carbocycles. The molecule has 1 heterocycles. The van der Waals surface area contributed by atoms with Gasteiger partial charge in [-0.2, -0.15) is 12.7 Å². The van der Waals surface area contributed by atoms with Crippen molar-refractivity contribution in [3.05, 3.63) is 0 Å². The maximum Gasteiger partial charge on any atom is 0.279 e. The zero-order valence-corrected chi connectivity index (χ0v) is 9.18. The highest BCUT2D eigenvalue weighted by Gasteiger charge is 2.22. The Morgan fingerprint density at radius 1 is 1.50 bits per heavy atom. The van der Waals surface area contributed by atoms with Crippen LogP contribution in [-0.4, -0.2) is 51.5 Å². The second-order valence-corrected chi connectivity index (χ2v) is 5.24. The smallest absolute Gasteiger partial charge is 0.279 e. The van der Waals surface area contributed by atoms with Gasteiger partial charge in [-0.05, 0) is 6.92 Å². The first-order valence-electron chi connectivity index (χ1n) is 4.73. The molecule has 0 bridgehead atoms. The minimum atomic E-state index is -3.32. The van der Waals surface area contributed by atoms with Crippen molar-refractivity contribution in [1.82, 2.24) is 14.3 Å². The fourth-order valence-corrected chi connectivity index (χ4v) is 2.53. The first-order chi connectivity index (χ1) is 6.52. The monoisotopic (exact) mass is 222 g/mol. The lowest BCUT2D eigenvalue weighted by Gasteiger charge is -2.26. The number of nitrogens with two attached hydrogens (primary N) is 1. The Hall–Kier alpha value is -0.210. The summed E-state index contributed by atoms with van der Waals surface area (Å²) in [6.07, 6.45) is 0. The number of nitrogens with one attached hydrogen (secondary N) is 2. The van der Waals surface area contributed by atoms with Crippen LogP contribution in [0.1, 0.15) is 6.92 Å². The predicted molar refractivity (Wildman–Crippen MR) is 55.0 cm³/mol. The largest absolute Gasteiger partial charge is 0.327 e. The summed E-state index contributed by atoms with van der Waals surface area (Å²) in [7, 11) is -3.32. The highest BCUT2D eigenvalue weighted by atomic mass is 32.2. The Morgan fingerprint density at radius 2 is 2.07 bits per heavy atom. The fourth-order valence-electron chi connectivity index (χ4n) is 1.21. The summed E-state index contributed by atoms with van der Waals surface area (Å²) in [6.45, 7) is 4.51. The van der Waals surface area contributed by atoms with Crippen LogP contribution in [0.5, 0.6) is 0 Å². The predicted octanol–water partition coefficient (Wildman–Crippen LogP) is -1.93. The average molecular weight is 222 g/mol. The van der Waals surface area contributed by atoms with Crippen LogP contribution in [-0.2, 0) is 10.2 Å². The maximum absolute atomic E-state index is 11.6. The molecule has 1 aliphatic heterocycles. The van der Waals surface area contributed by atoms with E-state index in [1.54, 1.807) is 6.92 Å². The van der Waals surface area contributed by atoms with Crippen LogP contribution in [0.3, 0.4) is 0 Å². The van der Waals surface area contributed by atoms with Gasteiger partial charge in [-0.15, -0.1) is 0 Å². The Kier molecular flexibility index (Phi) is 4.27. The molecule has 1 aliphatic rings. The van der Waals surface area contributed by atoms with Gasteiger partial charge in [0.05, 0.1) is 0 Å². The fraction of sp³-hybridized carbons (Fsp3) is 1.00. The summed E-state index contributed by atoms with van der Waals surface area (Å²) >= 11 is 0. The number of hydrogen-bond acceptors (Lipinski definition) is 4. The second kappa shape index (κ2) is 5.04. The number of hydrogen-bond donors (Lipinski definition) is 3. The molecule has 1 fully saturated rings. The van der Waals surface area contributed by atoms with Gasteiger partial charge in [-0.1, -0.05) is 0 Å². The average Bonchev–Trinajstić information content (AvgIpc) is 2.16. The van der Waals surface area contributed by atoms with Gasteiger partial charge < -0.3 is 11.1 Å². The van der Waals surface area contributed by atoms with E-state index >= 15 is 0 Å². The molecule has 84 valence electrons. The molecule has 0 aromatic heterocycles. The molecule has 1 atom stereocenters. The van der Waals surface area contributed by atoms with Crippen molar-refractivity contribution in [2.24, 2.45) is 5.73 Å². The van der Waals surface area contributed by atoms with Crippen LogP contribution < -0.4 is 15.8 Å². The van der Waals surface area contributed by atoms with Crippen LogP contribution in [0, 0.1) is 0 Å². The highest BCUT2D eigenvalue weighted by Crippen LogP contribution is 1.99. The Morgan fingerprint density at radius 3 is 2.57 bits per heavy atom. The molecule has 0 aromatic rings. The van der Waals surface area contributed by atoms with E-state index < -0.39 is 10.2 Å². The summed E-state index contributed by atoms with van der Waals surface area (Å²) in [4.78, 5) is 0. The van der Waals surface area contributed by atoms with Crippen molar-refractivity contribution < 1.29 is 8.42 Å². The minimum Gasteiger partial charge on any atom is -0.327 e. The van der Waals surface area contributed by atoms with Gasteiger partial charge >= 0.3 is 0 Å². The van der Waals surface area contributed by atoms with Crippen molar-refractivity contribution in [2.75, 3.05) is 32.7 Å². The van der Waals surface area contributed by atoms with Crippen LogP contribution in [0.15, 0.2) is 0 Å². The molecule has 7 heteroatoms. The van der Waals surface area contributed by atoms with E-state index in [-0.39, 0.29) is 12.6 Å². The van der Waals surface area contributed by atoms with Gasteiger partial charge in [0.15, 0.2) is 0 Å². The van der Waals surface area contributed by atoms with Gasteiger partial charge in [0.25, 0.3) is 10.2 Å². The SMILES string of the molecule is CC(N)CNS(=O)(=O)N1CCNCC1. The molecule has 0 amide bonds. The first kappa shape index (κ1) is 11.9. The van der Waals surface area contributed by atoms with E-state index in [2.05, 4.69) is 10.0 Å². The molecule has 1 rings (SSSR count). The van der Waals surface area contributed by atoms with Crippen molar-refractivity contribution in [3.8, 4) is 0 Å². The zero-order chi connectivity index (χ0) is 10.6. The quantitative estimate of drug-likeness (QED) is 0.517. The van der Waals surface area contributed by atoms with Crippen LogP contribution in [0.2, 0.25) is 0 Å². The third-order valence-corrected chi connectivity index (χ3v) is 3.58. The van der Waals surface area contributed by atoms with Crippen molar-refractivity contribution in [1.29, 1.82) is 0 Å². The first-order valence-corrected chi connectivity index (χ1v) is 6.17. The van der Waals surface area contributed by atoms with E-state index in [0.29, 0.717) is 26.2 Å². The molecule has 4 N–H and O–H groups in total. The zero-order valence-electron chi connectivity index (χ0n) is 8.36. The Labute approximate surface area is 85.0 Å². The maximum atomic E-state index is 11.6. The topological polar surface area (TPSA) is 87.5 Å². The summed E-state index contributed by atoms with van der Waals surface area (Å²) < 4.78 is 27.2. The summed E-state index contributed by atoms with van der Waals surface area (Å²) in [5, 5.41) is 3.09. The summed E-state index contributed by atoms with van der Waals surface area (Å²) in [5.74, 6) is 0. The number of nitrogens with zero attached hydrogens (tertiary/aromatic N) is 1. The lowest BCUT2D eigenvalue weighted by molar-refractivity contribution is 0.354. The second-order valence-electron chi connectivity index (χ2n) is 3.48. The highest BCUT2D eigenvalue weighted by molar-refractivity contribution is 7.87. The normalized spacial score (nSPS) is 22.1. The standard InChI is InChI=1S/C7H18N4O2S/c1-7(8)6-10-14(12,13)11-4-2-9-3-5-11/h7,9-10H,2-6,8H2,1H3. The van der Waals surface area contributed by atoms with E-state index in [1.165, 1.54) is 4.31 Å².